The number of carbonyl (C=O) groups excluding carboxylic acids is 1. The molecule has 26 heavy (non-hydrogen) atoms. The van der Waals surface area contributed by atoms with Crippen LogP contribution in [0.3, 0.4) is 0 Å². The van der Waals surface area contributed by atoms with Gasteiger partial charge < -0.3 is 31.1 Å². The number of aromatic hydroxyl groups is 1. The molecule has 10 nitrogen and oxygen atoms in total. The van der Waals surface area contributed by atoms with Crippen molar-refractivity contribution in [2.75, 3.05) is 0 Å². The van der Waals surface area contributed by atoms with Crippen LogP contribution in [0.2, 0.25) is 0 Å². The van der Waals surface area contributed by atoms with Crippen LogP contribution in [0.1, 0.15) is 18.4 Å². The Morgan fingerprint density at radius 1 is 1.00 bits per heavy atom. The molecule has 1 rings (SSSR count). The molecule has 0 spiro atoms. The second-order valence-corrected chi connectivity index (χ2v) is 6.48. The molecular formula is C15H17IN2O8. The molecule has 0 aromatic heterocycles. The van der Waals surface area contributed by atoms with Crippen molar-refractivity contribution in [1.29, 1.82) is 0 Å². The van der Waals surface area contributed by atoms with Crippen molar-refractivity contribution >= 4 is 46.5 Å². The van der Waals surface area contributed by atoms with Crippen LogP contribution in [0.4, 0.5) is 4.79 Å². The Morgan fingerprint density at radius 2 is 1.58 bits per heavy atom. The van der Waals surface area contributed by atoms with Gasteiger partial charge in [0.2, 0.25) is 0 Å². The minimum absolute atomic E-state index is 0.0367. The third-order valence-corrected chi connectivity index (χ3v) is 4.17. The molecule has 2 amide bonds. The van der Waals surface area contributed by atoms with Gasteiger partial charge in [-0.05, 0) is 46.7 Å². The predicted octanol–water partition coefficient (Wildman–Crippen LogP) is 0.610. The van der Waals surface area contributed by atoms with Gasteiger partial charge in [0, 0.05) is 12.8 Å². The van der Waals surface area contributed by atoms with E-state index in [1.807, 2.05) is 27.9 Å². The second-order valence-electron chi connectivity index (χ2n) is 5.32. The highest BCUT2D eigenvalue weighted by molar-refractivity contribution is 14.1. The fraction of sp³-hybridized carbons (Fsp3) is 0.333. The second kappa shape index (κ2) is 9.79. The summed E-state index contributed by atoms with van der Waals surface area (Å²) in [7, 11) is 0. The maximum Gasteiger partial charge on any atom is 0.326 e. The number of amides is 2. The maximum atomic E-state index is 11.9. The van der Waals surface area contributed by atoms with E-state index in [1.165, 1.54) is 12.1 Å². The van der Waals surface area contributed by atoms with E-state index >= 15 is 0 Å². The van der Waals surface area contributed by atoms with Gasteiger partial charge >= 0.3 is 23.9 Å². The summed E-state index contributed by atoms with van der Waals surface area (Å²) in [6.07, 6.45) is -0.899. The topological polar surface area (TPSA) is 173 Å². The van der Waals surface area contributed by atoms with E-state index in [1.54, 1.807) is 6.07 Å². The third kappa shape index (κ3) is 7.13. The average molecular weight is 478 g/mol. The van der Waals surface area contributed by atoms with Gasteiger partial charge in [0.05, 0.1) is 3.57 Å². The summed E-state index contributed by atoms with van der Waals surface area (Å²) in [5.74, 6) is -3.94. The number of phenolic OH excluding ortho intramolecular Hbond substituents is 1. The fourth-order valence-corrected chi connectivity index (χ4v) is 2.58. The van der Waals surface area contributed by atoms with Crippen LogP contribution in [0.25, 0.3) is 0 Å². The summed E-state index contributed by atoms with van der Waals surface area (Å²) in [4.78, 5) is 44.8. The lowest BCUT2D eigenvalue weighted by Crippen LogP contribution is -2.51. The molecule has 0 unspecified atom stereocenters. The highest BCUT2D eigenvalue weighted by Crippen LogP contribution is 2.21. The minimum atomic E-state index is -1.46. The minimum Gasteiger partial charge on any atom is -0.507 e. The Labute approximate surface area is 161 Å². The molecule has 1 aromatic rings. The summed E-state index contributed by atoms with van der Waals surface area (Å²) in [6, 6.07) is 0.601. The number of carbonyl (C=O) groups is 4. The number of rotatable bonds is 9. The number of hydrogen-bond donors (Lipinski definition) is 6. The number of benzene rings is 1. The molecule has 0 saturated heterocycles. The molecule has 0 radical (unpaired) electrons. The summed E-state index contributed by atoms with van der Waals surface area (Å²) in [6.45, 7) is 0. The number of carboxylic acid groups (broad SMARTS) is 3. The van der Waals surface area contributed by atoms with Gasteiger partial charge in [-0.3, -0.25) is 4.79 Å². The number of nitrogens with one attached hydrogen (secondary N) is 2. The van der Waals surface area contributed by atoms with Gasteiger partial charge in [-0.1, -0.05) is 6.07 Å². The van der Waals surface area contributed by atoms with E-state index in [2.05, 4.69) is 5.32 Å². The Balaban J connectivity index is 2.74. The first kappa shape index (κ1) is 21.5. The van der Waals surface area contributed by atoms with Gasteiger partial charge in [0.25, 0.3) is 0 Å². The number of carboxylic acids is 3. The van der Waals surface area contributed by atoms with E-state index in [9.17, 15) is 29.4 Å². The summed E-state index contributed by atoms with van der Waals surface area (Å²) < 4.78 is 0.508. The molecule has 1 aromatic carbocycles. The van der Waals surface area contributed by atoms with Crippen molar-refractivity contribution in [1.82, 2.24) is 10.6 Å². The summed E-state index contributed by atoms with van der Waals surface area (Å²) >= 11 is 1.87. The third-order valence-electron chi connectivity index (χ3n) is 3.31. The molecule has 11 heteroatoms. The lowest BCUT2D eigenvalue weighted by Gasteiger charge is -2.18. The highest BCUT2D eigenvalue weighted by atomic mass is 125. The molecule has 0 saturated carbocycles. The zero-order chi connectivity index (χ0) is 19.9. The molecule has 6 N–H and O–H groups in total. The maximum absolute atomic E-state index is 11.9. The SMILES string of the molecule is O=C(O)CC[C@H](NC(=O)N[C@@H](Cc1ccc(O)c([125I])c1)C(=O)O)C(=O)O. The molecule has 0 bridgehead atoms. The van der Waals surface area contributed by atoms with Crippen molar-refractivity contribution in [2.24, 2.45) is 0 Å². The van der Waals surface area contributed by atoms with Gasteiger partial charge in [-0.15, -0.1) is 0 Å². The van der Waals surface area contributed by atoms with Crippen LogP contribution in [0, 0.1) is 3.57 Å². The smallest absolute Gasteiger partial charge is 0.326 e. The Bertz CT molecular complexity index is 709. The van der Waals surface area contributed by atoms with Crippen LogP contribution in [-0.4, -0.2) is 56.4 Å². The normalized spacial score (nSPS) is 12.7. The van der Waals surface area contributed by atoms with E-state index < -0.39 is 42.4 Å². The fourth-order valence-electron chi connectivity index (χ4n) is 2.00. The Kier molecular flexibility index (Phi) is 8.09. The number of aliphatic carboxylic acids is 3. The molecule has 0 aliphatic rings. The van der Waals surface area contributed by atoms with E-state index in [-0.39, 0.29) is 18.6 Å². The summed E-state index contributed by atoms with van der Waals surface area (Å²) in [5, 5.41) is 40.5. The highest BCUT2D eigenvalue weighted by Gasteiger charge is 2.25. The molecular weight excluding hydrogens is 461 g/mol. The van der Waals surface area contributed by atoms with E-state index in [0.717, 1.165) is 0 Å². The number of hydrogen-bond acceptors (Lipinski definition) is 5. The molecule has 0 aliphatic heterocycles. The molecule has 0 aliphatic carbocycles. The molecule has 142 valence electrons. The monoisotopic (exact) mass is 478 g/mol. The lowest BCUT2D eigenvalue weighted by atomic mass is 10.1. The van der Waals surface area contributed by atoms with E-state index in [4.69, 9.17) is 10.2 Å². The lowest BCUT2D eigenvalue weighted by molar-refractivity contribution is -0.140. The van der Waals surface area contributed by atoms with Crippen molar-refractivity contribution in [3.05, 3.63) is 27.3 Å². The Morgan fingerprint density at radius 3 is 2.08 bits per heavy atom. The van der Waals surface area contributed by atoms with Crippen molar-refractivity contribution in [2.45, 2.75) is 31.3 Å². The van der Waals surface area contributed by atoms with Gasteiger partial charge in [-0.2, -0.15) is 0 Å². The molecule has 0 heterocycles. The zero-order valence-electron chi connectivity index (χ0n) is 13.3. The number of halogens is 1. The molecule has 2 atom stereocenters. The number of urea groups is 1. The van der Waals surface area contributed by atoms with Crippen LogP contribution in [0.15, 0.2) is 18.2 Å². The quantitative estimate of drug-likeness (QED) is 0.280. The van der Waals surface area contributed by atoms with Gasteiger partial charge in [-0.25, -0.2) is 14.4 Å². The van der Waals surface area contributed by atoms with Crippen LogP contribution in [-0.2, 0) is 20.8 Å². The predicted molar refractivity (Wildman–Crippen MR) is 95.9 cm³/mol. The zero-order valence-corrected chi connectivity index (χ0v) is 15.5. The van der Waals surface area contributed by atoms with Crippen molar-refractivity contribution < 1.29 is 39.6 Å². The van der Waals surface area contributed by atoms with Crippen molar-refractivity contribution in [3.8, 4) is 5.75 Å². The van der Waals surface area contributed by atoms with Crippen molar-refractivity contribution in [3.63, 3.8) is 0 Å². The number of phenols is 1. The summed E-state index contributed by atoms with van der Waals surface area (Å²) in [5.41, 5.74) is 0.542. The standard InChI is InChI=1S/C15H17IN2O8/c16-8-5-7(1-3-11(8)19)6-10(14(24)25)18-15(26)17-9(13(22)23)2-4-12(20)21/h1,3,5,9-10,19H,2,4,6H2,(H,20,21)(H,22,23)(H,24,25)(H2,17,18,26)/t9-,10-/m0/s1/i16-2. The average Bonchev–Trinajstić information content (AvgIpc) is 2.53. The van der Waals surface area contributed by atoms with Crippen LogP contribution >= 0.6 is 22.6 Å². The van der Waals surface area contributed by atoms with E-state index in [0.29, 0.717) is 9.13 Å². The Hall–Kier alpha value is -2.57. The first-order valence-electron chi connectivity index (χ1n) is 7.32. The largest absolute Gasteiger partial charge is 0.507 e. The van der Waals surface area contributed by atoms with Gasteiger partial charge in [0.15, 0.2) is 0 Å². The van der Waals surface area contributed by atoms with Crippen LogP contribution < -0.4 is 10.6 Å². The first-order chi connectivity index (χ1) is 12.1. The first-order valence-corrected chi connectivity index (χ1v) is 8.39. The van der Waals surface area contributed by atoms with Crippen LogP contribution in [0.5, 0.6) is 5.75 Å². The van der Waals surface area contributed by atoms with Gasteiger partial charge in [0.1, 0.15) is 17.8 Å². The molecule has 0 fully saturated rings.